The van der Waals surface area contributed by atoms with Gasteiger partial charge in [-0.05, 0) is 30.4 Å². The Labute approximate surface area is 113 Å². The molecule has 0 aliphatic carbocycles. The molecule has 0 bridgehead atoms. The van der Waals surface area contributed by atoms with Gasteiger partial charge in [0.25, 0.3) is 0 Å². The number of nitrogen functional groups attached to an aromatic ring is 1. The van der Waals surface area contributed by atoms with E-state index in [0.29, 0.717) is 0 Å². The highest BCUT2D eigenvalue weighted by Gasteiger charge is 2.33. The Morgan fingerprint density at radius 1 is 1.42 bits per heavy atom. The Morgan fingerprint density at radius 2 is 2.11 bits per heavy atom. The van der Waals surface area contributed by atoms with E-state index in [2.05, 4.69) is 5.32 Å². The average Bonchev–Trinajstić information content (AvgIpc) is 2.30. The molecule has 1 amide bonds. The number of anilines is 2. The molecule has 0 atom stereocenters. The summed E-state index contributed by atoms with van der Waals surface area (Å²) in [5.41, 5.74) is 4.07. The first-order chi connectivity index (χ1) is 8.84. The number of carbonyl (C=O) groups excluding carboxylic acids is 1. The molecule has 1 aromatic rings. The highest BCUT2D eigenvalue weighted by molar-refractivity contribution is 7.99. The van der Waals surface area contributed by atoms with Gasteiger partial charge in [-0.15, -0.1) is 0 Å². The average molecular weight is 292 g/mol. The Morgan fingerprint density at radius 3 is 2.68 bits per heavy atom. The number of nitrogens with one attached hydrogen (secondary N) is 1. The fraction of sp³-hybridized carbons (Fsp3) is 0.417. The molecular weight excluding hydrogens is 277 g/mol. The van der Waals surface area contributed by atoms with E-state index in [0.717, 1.165) is 24.3 Å². The summed E-state index contributed by atoms with van der Waals surface area (Å²) in [5.74, 6) is 0.735. The molecule has 0 radical (unpaired) electrons. The number of hydrogen-bond donors (Lipinski definition) is 2. The molecule has 7 heteroatoms. The molecule has 3 nitrogen and oxygen atoms in total. The third-order valence-corrected chi connectivity index (χ3v) is 3.39. The topological polar surface area (TPSA) is 55.1 Å². The SMILES string of the molecule is CCCSCC(=O)Nc1ccc(N)c(C(F)(F)F)c1. The van der Waals surface area contributed by atoms with Crippen LogP contribution in [0.5, 0.6) is 0 Å². The second-order valence-electron chi connectivity index (χ2n) is 3.90. The van der Waals surface area contributed by atoms with Crippen molar-refractivity contribution in [3.63, 3.8) is 0 Å². The largest absolute Gasteiger partial charge is 0.418 e. The Balaban J connectivity index is 2.72. The van der Waals surface area contributed by atoms with E-state index < -0.39 is 11.7 Å². The van der Waals surface area contributed by atoms with Gasteiger partial charge in [0.15, 0.2) is 0 Å². The number of rotatable bonds is 5. The van der Waals surface area contributed by atoms with Crippen molar-refractivity contribution in [1.82, 2.24) is 0 Å². The lowest BCUT2D eigenvalue weighted by atomic mass is 10.1. The number of hydrogen-bond acceptors (Lipinski definition) is 3. The second kappa shape index (κ2) is 6.70. The minimum absolute atomic E-state index is 0.101. The third kappa shape index (κ3) is 5.02. The van der Waals surface area contributed by atoms with Crippen molar-refractivity contribution in [3.8, 4) is 0 Å². The van der Waals surface area contributed by atoms with Crippen molar-refractivity contribution in [2.24, 2.45) is 0 Å². The first-order valence-electron chi connectivity index (χ1n) is 5.69. The van der Waals surface area contributed by atoms with Gasteiger partial charge in [-0.25, -0.2) is 0 Å². The summed E-state index contributed by atoms with van der Waals surface area (Å²) in [4.78, 5) is 11.5. The maximum absolute atomic E-state index is 12.6. The smallest absolute Gasteiger partial charge is 0.398 e. The molecule has 0 aliphatic rings. The molecule has 0 spiro atoms. The highest BCUT2D eigenvalue weighted by atomic mass is 32.2. The Bertz CT molecular complexity index is 449. The fourth-order valence-electron chi connectivity index (χ4n) is 1.39. The predicted molar refractivity (Wildman–Crippen MR) is 72.1 cm³/mol. The van der Waals surface area contributed by atoms with Gasteiger partial charge < -0.3 is 11.1 Å². The standard InChI is InChI=1S/C12H15F3N2OS/c1-2-5-19-7-11(18)17-8-3-4-10(16)9(6-8)12(13,14)15/h3-4,6H,2,5,7,16H2,1H3,(H,17,18). The van der Waals surface area contributed by atoms with Crippen molar-refractivity contribution >= 4 is 29.0 Å². The maximum Gasteiger partial charge on any atom is 0.418 e. The van der Waals surface area contributed by atoms with Gasteiger partial charge in [-0.3, -0.25) is 4.79 Å². The minimum Gasteiger partial charge on any atom is -0.398 e. The van der Waals surface area contributed by atoms with Crippen molar-refractivity contribution in [2.45, 2.75) is 19.5 Å². The lowest BCUT2D eigenvalue weighted by Gasteiger charge is -2.12. The quantitative estimate of drug-likeness (QED) is 0.646. The van der Waals surface area contributed by atoms with Crippen LogP contribution in [0.15, 0.2) is 18.2 Å². The van der Waals surface area contributed by atoms with Crippen LogP contribution < -0.4 is 11.1 Å². The molecule has 3 N–H and O–H groups in total. The zero-order chi connectivity index (χ0) is 14.5. The van der Waals surface area contributed by atoms with Gasteiger partial charge >= 0.3 is 6.18 Å². The van der Waals surface area contributed by atoms with Crippen LogP contribution >= 0.6 is 11.8 Å². The molecule has 1 rings (SSSR count). The number of benzene rings is 1. The van der Waals surface area contributed by atoms with E-state index in [-0.39, 0.29) is 23.0 Å². The lowest BCUT2D eigenvalue weighted by molar-refractivity contribution is -0.136. The number of halogens is 3. The van der Waals surface area contributed by atoms with Gasteiger partial charge in [0.2, 0.25) is 5.91 Å². The second-order valence-corrected chi connectivity index (χ2v) is 5.01. The van der Waals surface area contributed by atoms with Crippen LogP contribution in [0.2, 0.25) is 0 Å². The summed E-state index contributed by atoms with van der Waals surface area (Å²) in [6, 6.07) is 3.34. The van der Waals surface area contributed by atoms with Crippen LogP contribution in [0.1, 0.15) is 18.9 Å². The summed E-state index contributed by atoms with van der Waals surface area (Å²) in [6.07, 6.45) is -3.58. The van der Waals surface area contributed by atoms with Gasteiger partial charge in [0, 0.05) is 11.4 Å². The molecule has 0 fully saturated rings. The monoisotopic (exact) mass is 292 g/mol. The van der Waals surface area contributed by atoms with Crippen LogP contribution in [0, 0.1) is 0 Å². The molecule has 0 unspecified atom stereocenters. The zero-order valence-electron chi connectivity index (χ0n) is 10.4. The molecule has 0 aromatic heterocycles. The molecule has 0 saturated carbocycles. The van der Waals surface area contributed by atoms with E-state index in [4.69, 9.17) is 5.73 Å². The van der Waals surface area contributed by atoms with Crippen LogP contribution in [0.4, 0.5) is 24.5 Å². The van der Waals surface area contributed by atoms with Crippen molar-refractivity contribution < 1.29 is 18.0 Å². The summed E-state index contributed by atoms with van der Waals surface area (Å²) in [6.45, 7) is 1.99. The van der Waals surface area contributed by atoms with Crippen molar-refractivity contribution in [1.29, 1.82) is 0 Å². The summed E-state index contributed by atoms with van der Waals surface area (Å²) >= 11 is 1.43. The number of carbonyl (C=O) groups is 1. The normalized spacial score (nSPS) is 11.4. The number of nitrogens with two attached hydrogens (primary N) is 1. The van der Waals surface area contributed by atoms with Crippen molar-refractivity contribution in [2.75, 3.05) is 22.6 Å². The van der Waals surface area contributed by atoms with Gasteiger partial charge in [0.05, 0.1) is 11.3 Å². The van der Waals surface area contributed by atoms with Crippen LogP contribution in [0.25, 0.3) is 0 Å². The zero-order valence-corrected chi connectivity index (χ0v) is 11.2. The molecule has 1 aromatic carbocycles. The summed E-state index contributed by atoms with van der Waals surface area (Å²) < 4.78 is 37.9. The lowest BCUT2D eigenvalue weighted by Crippen LogP contribution is -2.16. The van der Waals surface area contributed by atoms with Gasteiger partial charge in [-0.1, -0.05) is 6.92 Å². The van der Waals surface area contributed by atoms with Crippen LogP contribution in [-0.4, -0.2) is 17.4 Å². The highest BCUT2D eigenvalue weighted by Crippen LogP contribution is 2.35. The fourth-order valence-corrected chi connectivity index (χ4v) is 2.08. The maximum atomic E-state index is 12.6. The minimum atomic E-state index is -4.53. The Kier molecular flexibility index (Phi) is 5.53. The van der Waals surface area contributed by atoms with Crippen LogP contribution in [0.3, 0.4) is 0 Å². The summed E-state index contributed by atoms with van der Waals surface area (Å²) in [7, 11) is 0. The number of thioether (sulfide) groups is 1. The van der Waals surface area contributed by atoms with Gasteiger partial charge in [-0.2, -0.15) is 24.9 Å². The Hall–Kier alpha value is -1.37. The predicted octanol–water partition coefficient (Wildman–Crippen LogP) is 3.37. The summed E-state index contributed by atoms with van der Waals surface area (Å²) in [5, 5.41) is 2.43. The number of amides is 1. The van der Waals surface area contributed by atoms with E-state index in [1.54, 1.807) is 0 Å². The van der Waals surface area contributed by atoms with E-state index in [1.807, 2.05) is 6.92 Å². The van der Waals surface area contributed by atoms with Crippen molar-refractivity contribution in [3.05, 3.63) is 23.8 Å². The molecule has 0 heterocycles. The van der Waals surface area contributed by atoms with Crippen LogP contribution in [-0.2, 0) is 11.0 Å². The number of alkyl halides is 3. The van der Waals surface area contributed by atoms with E-state index in [9.17, 15) is 18.0 Å². The first-order valence-corrected chi connectivity index (χ1v) is 6.84. The molecule has 19 heavy (non-hydrogen) atoms. The van der Waals surface area contributed by atoms with E-state index >= 15 is 0 Å². The molecule has 0 saturated heterocycles. The molecule has 0 aliphatic heterocycles. The molecule has 106 valence electrons. The molecular formula is C12H15F3N2OS. The first kappa shape index (κ1) is 15.7. The van der Waals surface area contributed by atoms with E-state index in [1.165, 1.54) is 17.8 Å². The third-order valence-electron chi connectivity index (χ3n) is 2.22. The van der Waals surface area contributed by atoms with Gasteiger partial charge in [0.1, 0.15) is 0 Å².